The molecule has 1 aliphatic heterocycles. The van der Waals surface area contributed by atoms with Gasteiger partial charge in [-0.25, -0.2) is 0 Å². The van der Waals surface area contributed by atoms with E-state index in [0.717, 1.165) is 0 Å². The molecule has 1 saturated heterocycles. The van der Waals surface area contributed by atoms with Crippen molar-refractivity contribution >= 4 is 0 Å². The fraction of sp³-hybridized carbons (Fsp3) is 1.00. The molecule has 0 bridgehead atoms. The highest BCUT2D eigenvalue weighted by Gasteiger charge is 2.43. The largest absolute Gasteiger partial charge is 0.394 e. The van der Waals surface area contributed by atoms with E-state index < -0.39 is 37.3 Å². The van der Waals surface area contributed by atoms with Crippen LogP contribution in [-0.4, -0.2) is 62.8 Å². The van der Waals surface area contributed by atoms with Crippen molar-refractivity contribution in [2.24, 2.45) is 0 Å². The molecule has 1 aliphatic rings. The van der Waals surface area contributed by atoms with Gasteiger partial charge in [-0.05, 0) is 0 Å². The van der Waals surface area contributed by atoms with E-state index in [2.05, 4.69) is 9.78 Å². The lowest BCUT2D eigenvalue weighted by molar-refractivity contribution is -0.120. The molecule has 0 amide bonds. The van der Waals surface area contributed by atoms with Gasteiger partial charge in [0.25, 0.3) is 6.29 Å². The van der Waals surface area contributed by atoms with E-state index in [1.54, 1.807) is 0 Å². The molecule has 0 spiro atoms. The quantitative estimate of drug-likeness (QED) is 0.230. The molecule has 0 aliphatic carbocycles. The molecule has 0 saturated carbocycles. The van der Waals surface area contributed by atoms with Gasteiger partial charge in [-0.15, -0.1) is 0 Å². The number of aliphatic hydroxyl groups is 5. The fourth-order valence-electron chi connectivity index (χ4n) is 0.845. The van der Waals surface area contributed by atoms with Crippen LogP contribution in [0.3, 0.4) is 0 Å². The first kappa shape index (κ1) is 10.8. The lowest BCUT2D eigenvalue weighted by Gasteiger charge is -2.23. The standard InChI is InChI=1S/C6H12O7/c7-1-2(8)3(9)4(10)5(11)6-12-13-6/h2-11H,1H2/t2-,3-,4+,5+/m1/s1. The van der Waals surface area contributed by atoms with Crippen LogP contribution in [0.15, 0.2) is 0 Å². The van der Waals surface area contributed by atoms with Gasteiger partial charge in [0.2, 0.25) is 0 Å². The second-order valence-corrected chi connectivity index (χ2v) is 2.78. The van der Waals surface area contributed by atoms with Gasteiger partial charge in [0, 0.05) is 0 Å². The van der Waals surface area contributed by atoms with Gasteiger partial charge < -0.3 is 25.5 Å². The third kappa shape index (κ3) is 2.58. The fourth-order valence-corrected chi connectivity index (χ4v) is 0.845. The predicted molar refractivity (Wildman–Crippen MR) is 37.1 cm³/mol. The Balaban J connectivity index is 2.39. The Bertz CT molecular complexity index is 159. The molecular weight excluding hydrogens is 184 g/mol. The summed E-state index contributed by atoms with van der Waals surface area (Å²) in [5.74, 6) is 0. The molecule has 1 heterocycles. The molecule has 0 unspecified atom stereocenters. The van der Waals surface area contributed by atoms with Crippen LogP contribution in [0.5, 0.6) is 0 Å². The second kappa shape index (κ2) is 4.29. The van der Waals surface area contributed by atoms with Gasteiger partial charge in [0.05, 0.1) is 6.61 Å². The molecule has 1 rings (SSSR count). The van der Waals surface area contributed by atoms with Gasteiger partial charge >= 0.3 is 0 Å². The lowest BCUT2D eigenvalue weighted by Crippen LogP contribution is -2.47. The van der Waals surface area contributed by atoms with Crippen molar-refractivity contribution in [2.75, 3.05) is 6.61 Å². The Kier molecular flexibility index (Phi) is 3.56. The first-order chi connectivity index (χ1) is 6.07. The van der Waals surface area contributed by atoms with E-state index in [4.69, 9.17) is 25.5 Å². The van der Waals surface area contributed by atoms with Gasteiger partial charge in [-0.2, -0.15) is 9.78 Å². The van der Waals surface area contributed by atoms with Crippen molar-refractivity contribution in [3.8, 4) is 0 Å². The van der Waals surface area contributed by atoms with E-state index in [-0.39, 0.29) is 0 Å². The Morgan fingerprint density at radius 3 is 1.92 bits per heavy atom. The Morgan fingerprint density at radius 1 is 1.00 bits per heavy atom. The average Bonchev–Trinajstić information content (AvgIpc) is 2.96. The van der Waals surface area contributed by atoms with E-state index in [1.165, 1.54) is 0 Å². The minimum atomic E-state index is -1.65. The molecule has 5 N–H and O–H groups in total. The zero-order chi connectivity index (χ0) is 10.0. The third-order valence-electron chi connectivity index (χ3n) is 1.77. The summed E-state index contributed by atoms with van der Waals surface area (Å²) in [7, 11) is 0. The van der Waals surface area contributed by atoms with Gasteiger partial charge in [0.15, 0.2) is 0 Å². The molecule has 1 fully saturated rings. The van der Waals surface area contributed by atoms with Crippen molar-refractivity contribution in [1.29, 1.82) is 0 Å². The average molecular weight is 196 g/mol. The molecule has 7 heteroatoms. The Morgan fingerprint density at radius 2 is 1.54 bits per heavy atom. The Hall–Kier alpha value is -0.280. The van der Waals surface area contributed by atoms with Crippen LogP contribution in [-0.2, 0) is 9.78 Å². The minimum Gasteiger partial charge on any atom is -0.394 e. The monoisotopic (exact) mass is 196 g/mol. The summed E-state index contributed by atoms with van der Waals surface area (Å²) in [6.45, 7) is -0.711. The summed E-state index contributed by atoms with van der Waals surface area (Å²) in [4.78, 5) is 8.38. The van der Waals surface area contributed by atoms with Crippen LogP contribution in [0, 0.1) is 0 Å². The van der Waals surface area contributed by atoms with E-state index in [0.29, 0.717) is 0 Å². The van der Waals surface area contributed by atoms with Crippen LogP contribution in [0.1, 0.15) is 0 Å². The topological polar surface area (TPSA) is 126 Å². The van der Waals surface area contributed by atoms with Gasteiger partial charge in [0.1, 0.15) is 24.4 Å². The normalized spacial score (nSPS) is 26.5. The first-order valence-electron chi connectivity index (χ1n) is 3.73. The highest BCUT2D eigenvalue weighted by Crippen LogP contribution is 2.21. The van der Waals surface area contributed by atoms with Gasteiger partial charge in [-0.1, -0.05) is 0 Å². The summed E-state index contributed by atoms with van der Waals surface area (Å²) in [5.41, 5.74) is 0. The summed E-state index contributed by atoms with van der Waals surface area (Å²) < 4.78 is 0. The summed E-state index contributed by atoms with van der Waals surface area (Å²) in [5, 5.41) is 44.7. The van der Waals surface area contributed by atoms with Crippen LogP contribution in [0.2, 0.25) is 0 Å². The highest BCUT2D eigenvalue weighted by molar-refractivity contribution is 4.83. The molecule has 0 aromatic heterocycles. The SMILES string of the molecule is OC[C@@H](O)[C@@H](O)[C@H](O)[C@H](O)C1OO1. The molecule has 7 nitrogen and oxygen atoms in total. The number of hydrogen-bond acceptors (Lipinski definition) is 7. The van der Waals surface area contributed by atoms with E-state index >= 15 is 0 Å². The molecule has 4 atom stereocenters. The summed E-state index contributed by atoms with van der Waals surface area (Å²) in [6.07, 6.45) is -7.21. The Labute approximate surface area is 73.7 Å². The number of rotatable bonds is 5. The summed E-state index contributed by atoms with van der Waals surface area (Å²) >= 11 is 0. The van der Waals surface area contributed by atoms with Crippen molar-refractivity contribution in [2.45, 2.75) is 30.7 Å². The van der Waals surface area contributed by atoms with Crippen molar-refractivity contribution in [1.82, 2.24) is 0 Å². The van der Waals surface area contributed by atoms with Crippen LogP contribution < -0.4 is 0 Å². The molecule has 13 heavy (non-hydrogen) atoms. The van der Waals surface area contributed by atoms with Crippen LogP contribution >= 0.6 is 0 Å². The first-order valence-corrected chi connectivity index (χ1v) is 3.73. The van der Waals surface area contributed by atoms with Crippen molar-refractivity contribution in [3.63, 3.8) is 0 Å². The van der Waals surface area contributed by atoms with E-state index in [1.807, 2.05) is 0 Å². The highest BCUT2D eigenvalue weighted by atomic mass is 17.4. The maximum Gasteiger partial charge on any atom is 0.252 e. The maximum atomic E-state index is 9.17. The third-order valence-corrected chi connectivity index (χ3v) is 1.77. The number of hydrogen-bond donors (Lipinski definition) is 5. The summed E-state index contributed by atoms with van der Waals surface area (Å²) in [6, 6.07) is 0. The zero-order valence-corrected chi connectivity index (χ0v) is 6.65. The van der Waals surface area contributed by atoms with Crippen LogP contribution in [0.25, 0.3) is 0 Å². The predicted octanol–water partition coefficient (Wildman–Crippen LogP) is -3.29. The number of aliphatic hydroxyl groups excluding tert-OH is 5. The van der Waals surface area contributed by atoms with Crippen LogP contribution in [0.4, 0.5) is 0 Å². The maximum absolute atomic E-state index is 9.17. The molecular formula is C6H12O7. The lowest BCUT2D eigenvalue weighted by atomic mass is 10.0. The van der Waals surface area contributed by atoms with Crippen molar-refractivity contribution in [3.05, 3.63) is 0 Å². The molecule has 0 aromatic rings. The van der Waals surface area contributed by atoms with Gasteiger partial charge in [-0.3, -0.25) is 0 Å². The zero-order valence-electron chi connectivity index (χ0n) is 6.65. The second-order valence-electron chi connectivity index (χ2n) is 2.78. The van der Waals surface area contributed by atoms with E-state index in [9.17, 15) is 0 Å². The minimum absolute atomic E-state index is 0.711. The molecule has 0 aromatic carbocycles. The molecule has 0 radical (unpaired) electrons. The smallest absolute Gasteiger partial charge is 0.252 e. The van der Waals surface area contributed by atoms with Crippen molar-refractivity contribution < 1.29 is 35.3 Å². The molecule has 78 valence electrons.